The van der Waals surface area contributed by atoms with Gasteiger partial charge in [-0.05, 0) is 55.5 Å². The summed E-state index contributed by atoms with van der Waals surface area (Å²) >= 11 is 0. The minimum atomic E-state index is -3.40. The number of anilines is 1. The summed E-state index contributed by atoms with van der Waals surface area (Å²) in [5.74, 6) is -0.895. The van der Waals surface area contributed by atoms with Crippen LogP contribution >= 0.6 is 0 Å². The molecule has 2 aromatic carbocycles. The van der Waals surface area contributed by atoms with Gasteiger partial charge in [0, 0.05) is 23.0 Å². The Bertz CT molecular complexity index is 1210. The molecule has 160 valence electrons. The minimum Gasteiger partial charge on any atom is -0.461 e. The minimum absolute atomic E-state index is 0.0995. The quantitative estimate of drug-likeness (QED) is 0.328. The lowest BCUT2D eigenvalue weighted by molar-refractivity contribution is 0.0518. The summed E-state index contributed by atoms with van der Waals surface area (Å²) < 4.78 is 31.5. The summed E-state index contributed by atoms with van der Waals surface area (Å²) in [5, 5.41) is 4.31. The molecule has 0 amide bonds. The molecule has 0 aliphatic heterocycles. The van der Waals surface area contributed by atoms with Crippen LogP contribution < -0.4 is 4.72 Å². The second-order valence-corrected chi connectivity index (χ2v) is 8.33. The largest absolute Gasteiger partial charge is 0.461 e. The van der Waals surface area contributed by atoms with E-state index in [4.69, 9.17) is 4.74 Å². The first-order valence-corrected chi connectivity index (χ1v) is 11.3. The number of hydrogen-bond acceptors (Lipinski definition) is 6. The summed E-state index contributed by atoms with van der Waals surface area (Å²) in [6.07, 6.45) is 5.52. The molecular formula is C22H21N3O5S. The number of sulfonamides is 1. The van der Waals surface area contributed by atoms with Crippen molar-refractivity contribution in [1.29, 1.82) is 0 Å². The number of rotatable bonds is 8. The first kappa shape index (κ1) is 22.0. The maximum Gasteiger partial charge on any atom is 0.359 e. The van der Waals surface area contributed by atoms with Crippen LogP contribution in [-0.2, 0) is 14.8 Å². The van der Waals surface area contributed by atoms with Crippen LogP contribution in [0.15, 0.2) is 66.9 Å². The number of ether oxygens (including phenoxy) is 1. The number of para-hydroxylation sites is 1. The molecule has 31 heavy (non-hydrogen) atoms. The van der Waals surface area contributed by atoms with E-state index >= 15 is 0 Å². The lowest BCUT2D eigenvalue weighted by atomic mass is 10.1. The van der Waals surface area contributed by atoms with Crippen LogP contribution in [0, 0.1) is 0 Å². The molecule has 0 saturated heterocycles. The normalized spacial score (nSPS) is 11.4. The van der Waals surface area contributed by atoms with E-state index in [1.54, 1.807) is 17.8 Å². The molecule has 0 unspecified atom stereocenters. The van der Waals surface area contributed by atoms with Crippen molar-refractivity contribution in [2.45, 2.75) is 6.92 Å². The zero-order chi connectivity index (χ0) is 22.4. The van der Waals surface area contributed by atoms with Crippen LogP contribution in [0.4, 0.5) is 5.69 Å². The van der Waals surface area contributed by atoms with E-state index in [0.717, 1.165) is 11.9 Å². The Kier molecular flexibility index (Phi) is 6.66. The Morgan fingerprint density at radius 3 is 2.39 bits per heavy atom. The molecule has 0 aliphatic rings. The Hall–Kier alpha value is -3.72. The number of aromatic nitrogens is 2. The highest BCUT2D eigenvalue weighted by atomic mass is 32.2. The average Bonchev–Trinajstić information content (AvgIpc) is 3.17. The fraction of sp³-hybridized carbons (Fsp3) is 0.136. The topological polar surface area (TPSA) is 107 Å². The smallest absolute Gasteiger partial charge is 0.359 e. The van der Waals surface area contributed by atoms with E-state index in [9.17, 15) is 18.0 Å². The number of esters is 1. The Morgan fingerprint density at radius 1 is 1.10 bits per heavy atom. The number of carbonyl (C=O) groups is 2. The van der Waals surface area contributed by atoms with E-state index in [1.807, 2.05) is 30.3 Å². The van der Waals surface area contributed by atoms with E-state index in [2.05, 4.69) is 9.82 Å². The number of benzene rings is 2. The Balaban J connectivity index is 1.85. The highest BCUT2D eigenvalue weighted by molar-refractivity contribution is 7.92. The first-order chi connectivity index (χ1) is 14.8. The van der Waals surface area contributed by atoms with E-state index < -0.39 is 16.0 Å². The molecule has 1 heterocycles. The molecule has 9 heteroatoms. The first-order valence-electron chi connectivity index (χ1n) is 9.39. The van der Waals surface area contributed by atoms with Gasteiger partial charge in [0.2, 0.25) is 10.0 Å². The highest BCUT2D eigenvalue weighted by Crippen LogP contribution is 2.17. The van der Waals surface area contributed by atoms with Gasteiger partial charge in [0.1, 0.15) is 0 Å². The maximum atomic E-state index is 12.5. The second kappa shape index (κ2) is 9.40. The summed E-state index contributed by atoms with van der Waals surface area (Å²) in [7, 11) is -3.40. The number of nitrogens with one attached hydrogen (secondary N) is 1. The molecule has 3 aromatic rings. The Labute approximate surface area is 180 Å². The van der Waals surface area contributed by atoms with Gasteiger partial charge in [0.25, 0.3) is 0 Å². The number of hydrogen-bond donors (Lipinski definition) is 1. The van der Waals surface area contributed by atoms with Gasteiger partial charge in [0.15, 0.2) is 11.5 Å². The number of allylic oxidation sites excluding steroid dienone is 1. The van der Waals surface area contributed by atoms with Crippen molar-refractivity contribution in [3.63, 3.8) is 0 Å². The molecule has 0 aliphatic carbocycles. The summed E-state index contributed by atoms with van der Waals surface area (Å²) in [5.41, 5.74) is 2.02. The van der Waals surface area contributed by atoms with Crippen molar-refractivity contribution in [3.05, 3.63) is 83.7 Å². The third-order valence-corrected chi connectivity index (χ3v) is 4.73. The number of carbonyl (C=O) groups excluding carboxylic acids is 2. The van der Waals surface area contributed by atoms with Crippen molar-refractivity contribution in [2.24, 2.45) is 0 Å². The maximum absolute atomic E-state index is 12.5. The summed E-state index contributed by atoms with van der Waals surface area (Å²) in [4.78, 5) is 24.8. The van der Waals surface area contributed by atoms with Gasteiger partial charge in [-0.2, -0.15) is 5.10 Å². The lowest BCUT2D eigenvalue weighted by Crippen LogP contribution is -2.09. The molecule has 0 fully saturated rings. The molecule has 1 aromatic heterocycles. The third kappa shape index (κ3) is 5.89. The standard InChI is InChI=1S/C22H21N3O5S/c1-3-30-22(27)21-17(15-25(23-21)19-7-5-4-6-8-19)11-14-20(26)16-9-12-18(13-10-16)24-31(2,28)29/h4-15,24H,3H2,1-2H3/b14-11+. The van der Waals surface area contributed by atoms with Gasteiger partial charge in [-0.1, -0.05) is 18.2 Å². The second-order valence-electron chi connectivity index (χ2n) is 6.58. The third-order valence-electron chi connectivity index (χ3n) is 4.12. The van der Waals surface area contributed by atoms with E-state index in [0.29, 0.717) is 16.8 Å². The summed E-state index contributed by atoms with van der Waals surface area (Å²) in [6, 6.07) is 15.3. The molecule has 1 N–H and O–H groups in total. The SMILES string of the molecule is CCOC(=O)c1nn(-c2ccccc2)cc1/C=C/C(=O)c1ccc(NS(C)(=O)=O)cc1. The fourth-order valence-electron chi connectivity index (χ4n) is 2.76. The molecule has 0 radical (unpaired) electrons. The monoisotopic (exact) mass is 439 g/mol. The van der Waals surface area contributed by atoms with E-state index in [-0.39, 0.29) is 18.1 Å². The van der Waals surface area contributed by atoms with Gasteiger partial charge in [-0.25, -0.2) is 17.9 Å². The molecule has 3 rings (SSSR count). The van der Waals surface area contributed by atoms with Crippen LogP contribution in [0.3, 0.4) is 0 Å². The van der Waals surface area contributed by atoms with E-state index in [1.165, 1.54) is 36.4 Å². The van der Waals surface area contributed by atoms with Crippen LogP contribution in [-0.4, -0.2) is 42.8 Å². The summed E-state index contributed by atoms with van der Waals surface area (Å²) in [6.45, 7) is 1.90. The predicted molar refractivity (Wildman–Crippen MR) is 118 cm³/mol. The number of nitrogens with zero attached hydrogens (tertiary/aromatic N) is 2. The van der Waals surface area contributed by atoms with Gasteiger partial charge in [-0.3, -0.25) is 9.52 Å². The molecule has 0 spiro atoms. The van der Waals surface area contributed by atoms with Gasteiger partial charge in [-0.15, -0.1) is 0 Å². The fourth-order valence-corrected chi connectivity index (χ4v) is 3.32. The van der Waals surface area contributed by atoms with Gasteiger partial charge < -0.3 is 4.74 Å². The van der Waals surface area contributed by atoms with Gasteiger partial charge >= 0.3 is 5.97 Å². The average molecular weight is 439 g/mol. The van der Waals surface area contributed by atoms with Crippen molar-refractivity contribution in [1.82, 2.24) is 9.78 Å². The lowest BCUT2D eigenvalue weighted by Gasteiger charge is -2.04. The Morgan fingerprint density at radius 2 is 1.77 bits per heavy atom. The highest BCUT2D eigenvalue weighted by Gasteiger charge is 2.17. The predicted octanol–water partition coefficient (Wildman–Crippen LogP) is 3.32. The van der Waals surface area contributed by atoms with Crippen LogP contribution in [0.25, 0.3) is 11.8 Å². The van der Waals surface area contributed by atoms with Crippen molar-refractivity contribution in [3.8, 4) is 5.69 Å². The molecule has 0 atom stereocenters. The van der Waals surface area contributed by atoms with Crippen molar-refractivity contribution < 1.29 is 22.7 Å². The van der Waals surface area contributed by atoms with Crippen LogP contribution in [0.5, 0.6) is 0 Å². The zero-order valence-electron chi connectivity index (χ0n) is 17.0. The molecule has 0 bridgehead atoms. The molecule has 0 saturated carbocycles. The molecule has 8 nitrogen and oxygen atoms in total. The van der Waals surface area contributed by atoms with Crippen LogP contribution in [0.2, 0.25) is 0 Å². The zero-order valence-corrected chi connectivity index (χ0v) is 17.8. The van der Waals surface area contributed by atoms with Crippen LogP contribution in [0.1, 0.15) is 33.3 Å². The van der Waals surface area contributed by atoms with Crippen molar-refractivity contribution in [2.75, 3.05) is 17.6 Å². The number of ketones is 1. The van der Waals surface area contributed by atoms with Crippen molar-refractivity contribution >= 4 is 33.5 Å². The molecular weight excluding hydrogens is 418 g/mol. The van der Waals surface area contributed by atoms with Gasteiger partial charge in [0.05, 0.1) is 18.6 Å².